The maximum atomic E-state index is 13.2. The standard InChI is InChI=1S/C33H33NO6S.C27H29NO5S.C26H27NO5S.C25H25NO5S/c1-3-39-33(36)26-13-15-28(16-14-26)34-32(35)23-27(25-11-9-24(2)10-12-25)21-22-41(37,38)31-19-17-30(18-20-31)40-29-7-5-4-6-8-29;1-3-33-27(30)22-11-13-24(14-12-22)28-26(29)19-23(21-7-5-4-6-8-21)17-18-34(31,32)25-15-9-20(2)10-16-25;1-18-3-7-20(8-4-18)22(15-16-33(31,32)24-13-5-19(2)6-14-24)17-25(28)27-23-11-9-21(10-12-23)26(29)30;1-18-7-13-23(14-8-18)32(30,31)16-15-21(19-5-3-2-4-6-19)17-24(27)26-22-11-9-20(10-12-22)25(28)29/h4-20,27H,3,21-23H2,1-2H3,(H,34,35);4-16,23H,3,17-19H2,1-2H3,(H,28,29);3-14,22H,15-17H2,1-2H3,(H,27,28)(H,29,30);2-14,21H,15-17H2,1H3,(H,26,27)(H,28,29). The third kappa shape index (κ3) is 34.4. The average molecular weight is 1970 g/mol. The lowest BCUT2D eigenvalue weighted by Gasteiger charge is -2.18. The number of benzene rings is 13. The molecule has 0 aliphatic carbocycles. The molecule has 13 aromatic rings. The van der Waals surface area contributed by atoms with Crippen LogP contribution in [-0.4, -0.2) is 128 Å². The number of para-hydroxylation sites is 1. The van der Waals surface area contributed by atoms with Crippen molar-refractivity contribution >= 4 is 110 Å². The molecule has 0 aliphatic rings. The van der Waals surface area contributed by atoms with Crippen molar-refractivity contribution in [2.24, 2.45) is 0 Å². The summed E-state index contributed by atoms with van der Waals surface area (Å²) in [6.07, 6.45) is 1.62. The molecular weight excluding hydrogens is 1850 g/mol. The first kappa shape index (κ1) is 107. The van der Waals surface area contributed by atoms with Crippen molar-refractivity contribution in [3.8, 4) is 11.5 Å². The number of hydrogen-bond acceptors (Lipinski definition) is 19. The number of anilines is 4. The minimum atomic E-state index is -3.60. The number of carbonyl (C=O) groups excluding carboxylic acids is 6. The number of aryl methyl sites for hydroxylation is 5. The van der Waals surface area contributed by atoms with Crippen LogP contribution in [0.25, 0.3) is 0 Å². The molecular formula is C111H114N4O21S4. The topological polar surface area (TPSA) is 389 Å². The Hall–Kier alpha value is -14.8. The number of esters is 2. The van der Waals surface area contributed by atoms with Gasteiger partial charge in [0.2, 0.25) is 23.6 Å². The van der Waals surface area contributed by atoms with Crippen LogP contribution in [0, 0.1) is 34.6 Å². The van der Waals surface area contributed by atoms with Gasteiger partial charge in [-0.1, -0.05) is 192 Å². The molecule has 0 aromatic heterocycles. The highest BCUT2D eigenvalue weighted by Crippen LogP contribution is 2.34. The van der Waals surface area contributed by atoms with Gasteiger partial charge in [0.25, 0.3) is 0 Å². The molecule has 0 aliphatic heterocycles. The van der Waals surface area contributed by atoms with Crippen molar-refractivity contribution in [1.82, 2.24) is 0 Å². The highest BCUT2D eigenvalue weighted by molar-refractivity contribution is 7.92. The van der Waals surface area contributed by atoms with Gasteiger partial charge in [-0.15, -0.1) is 0 Å². The Balaban J connectivity index is 0.000000193. The number of carboxylic acid groups (broad SMARTS) is 2. The van der Waals surface area contributed by atoms with E-state index in [0.717, 1.165) is 50.1 Å². The highest BCUT2D eigenvalue weighted by atomic mass is 32.2. The smallest absolute Gasteiger partial charge is 0.338 e. The van der Waals surface area contributed by atoms with Gasteiger partial charge >= 0.3 is 23.9 Å². The van der Waals surface area contributed by atoms with E-state index in [2.05, 4.69) is 21.3 Å². The number of carbonyl (C=O) groups is 8. The predicted molar refractivity (Wildman–Crippen MR) is 544 cm³/mol. The Kier molecular flexibility index (Phi) is 39.9. The molecule has 6 N–H and O–H groups in total. The van der Waals surface area contributed by atoms with E-state index in [0.29, 0.717) is 64.6 Å². The first-order valence-corrected chi connectivity index (χ1v) is 52.1. The Labute approximate surface area is 818 Å². The number of hydrogen-bond donors (Lipinski definition) is 6. The number of nitrogens with one attached hydrogen (secondary N) is 4. The minimum Gasteiger partial charge on any atom is -0.478 e. The molecule has 0 bridgehead atoms. The Bertz CT molecular complexity index is 6790. The maximum absolute atomic E-state index is 13.2. The van der Waals surface area contributed by atoms with Gasteiger partial charge in [0.15, 0.2) is 39.3 Å². The van der Waals surface area contributed by atoms with Crippen LogP contribution in [0.2, 0.25) is 0 Å². The molecule has 0 fully saturated rings. The van der Waals surface area contributed by atoms with Crippen molar-refractivity contribution in [2.75, 3.05) is 57.5 Å². The number of aromatic carboxylic acids is 2. The largest absolute Gasteiger partial charge is 0.478 e. The molecule has 4 atom stereocenters. The summed E-state index contributed by atoms with van der Waals surface area (Å²) in [6, 6.07) is 95.0. The second kappa shape index (κ2) is 52.1. The van der Waals surface area contributed by atoms with E-state index in [1.807, 2.05) is 174 Å². The summed E-state index contributed by atoms with van der Waals surface area (Å²) in [4.78, 5) is 97.9. The lowest BCUT2D eigenvalue weighted by molar-refractivity contribution is -0.117. The van der Waals surface area contributed by atoms with Gasteiger partial charge in [-0.25, -0.2) is 52.8 Å². The lowest BCUT2D eigenvalue weighted by atomic mass is 9.92. The van der Waals surface area contributed by atoms with Crippen LogP contribution in [0.1, 0.15) is 180 Å². The predicted octanol–water partition coefficient (Wildman–Crippen LogP) is 21.7. The van der Waals surface area contributed by atoms with E-state index < -0.39 is 63.2 Å². The summed E-state index contributed by atoms with van der Waals surface area (Å²) in [5.74, 6) is -4.21. The fourth-order valence-electron chi connectivity index (χ4n) is 14.9. The summed E-state index contributed by atoms with van der Waals surface area (Å²) in [6.45, 7) is 13.7. The molecule has 13 aromatic carbocycles. The SMILES string of the molecule is CCOC(=O)c1ccc(NC(=O)CC(CCS(=O)(=O)c2ccc(C)cc2)c2ccccc2)cc1.CCOC(=O)c1ccc(NC(=O)CC(CCS(=O)(=O)c2ccc(Oc3ccccc3)cc2)c2ccc(C)cc2)cc1.Cc1ccc(C(CCS(=O)(=O)c2ccc(C)cc2)CC(=O)Nc2ccc(C(=O)O)cc2)cc1.Cc1ccc(S(=O)(=O)CCC(CC(=O)Nc2ccc(C(=O)O)cc2)c2ccccc2)cc1. The molecule has 140 heavy (non-hydrogen) atoms. The van der Waals surface area contributed by atoms with E-state index in [1.54, 1.807) is 159 Å². The molecule has 0 saturated heterocycles. The first-order chi connectivity index (χ1) is 66.9. The van der Waals surface area contributed by atoms with Crippen molar-refractivity contribution in [3.05, 3.63) is 406 Å². The summed E-state index contributed by atoms with van der Waals surface area (Å²) in [5, 5.41) is 29.2. The molecule has 0 radical (unpaired) electrons. The third-order valence-corrected chi connectivity index (χ3v) is 29.9. The van der Waals surface area contributed by atoms with Crippen LogP contribution in [0.3, 0.4) is 0 Å². The van der Waals surface area contributed by atoms with E-state index in [-0.39, 0.29) is 146 Å². The van der Waals surface area contributed by atoms with Gasteiger partial charge in [-0.05, 0) is 290 Å². The number of carboxylic acids is 2. The number of sulfone groups is 4. The lowest BCUT2D eigenvalue weighted by Crippen LogP contribution is -2.18. The Morgan fingerprint density at radius 1 is 0.257 bits per heavy atom. The zero-order valence-corrected chi connectivity index (χ0v) is 82.0. The van der Waals surface area contributed by atoms with Gasteiger partial charge in [-0.2, -0.15) is 0 Å². The second-order valence-electron chi connectivity index (χ2n) is 33.6. The van der Waals surface area contributed by atoms with Crippen LogP contribution in [0.15, 0.2) is 353 Å². The van der Waals surface area contributed by atoms with Crippen LogP contribution in [0.5, 0.6) is 11.5 Å². The van der Waals surface area contributed by atoms with E-state index >= 15 is 0 Å². The van der Waals surface area contributed by atoms with E-state index in [9.17, 15) is 72.0 Å². The van der Waals surface area contributed by atoms with Crippen LogP contribution in [-0.2, 0) is 68.0 Å². The van der Waals surface area contributed by atoms with Gasteiger partial charge < -0.3 is 45.7 Å². The van der Waals surface area contributed by atoms with Crippen molar-refractivity contribution in [3.63, 3.8) is 0 Å². The normalized spacial score (nSPS) is 12.1. The maximum Gasteiger partial charge on any atom is 0.338 e. The number of rotatable bonds is 40. The zero-order valence-electron chi connectivity index (χ0n) is 78.7. The zero-order chi connectivity index (χ0) is 101. The van der Waals surface area contributed by atoms with Crippen LogP contribution < -0.4 is 26.0 Å². The van der Waals surface area contributed by atoms with Gasteiger partial charge in [0.05, 0.1) is 78.1 Å². The van der Waals surface area contributed by atoms with Crippen molar-refractivity contribution in [2.45, 2.75) is 143 Å². The summed E-state index contributed by atoms with van der Waals surface area (Å²) in [7, 11) is -14.0. The molecule has 0 heterocycles. The summed E-state index contributed by atoms with van der Waals surface area (Å²) < 4.78 is 119. The Morgan fingerprint density at radius 2 is 0.464 bits per heavy atom. The van der Waals surface area contributed by atoms with Crippen LogP contribution in [0.4, 0.5) is 22.7 Å². The average Bonchev–Trinajstić information content (AvgIpc) is 0.835. The number of ether oxygens (including phenoxy) is 3. The molecule has 29 heteroatoms. The quantitative estimate of drug-likeness (QED) is 0.0194. The third-order valence-electron chi connectivity index (χ3n) is 22.8. The molecule has 728 valence electrons. The van der Waals surface area contributed by atoms with Crippen LogP contribution >= 0.6 is 0 Å². The Morgan fingerprint density at radius 3 is 0.700 bits per heavy atom. The van der Waals surface area contributed by atoms with Gasteiger partial charge in [0, 0.05) is 48.4 Å². The van der Waals surface area contributed by atoms with Crippen molar-refractivity contribution < 1.29 is 96.5 Å². The van der Waals surface area contributed by atoms with Crippen molar-refractivity contribution in [1.29, 1.82) is 0 Å². The summed E-state index contributed by atoms with van der Waals surface area (Å²) in [5.41, 5.74) is 11.8. The molecule has 25 nitrogen and oxygen atoms in total. The van der Waals surface area contributed by atoms with E-state index in [4.69, 9.17) is 24.4 Å². The summed E-state index contributed by atoms with van der Waals surface area (Å²) >= 11 is 0. The van der Waals surface area contributed by atoms with Gasteiger partial charge in [-0.3, -0.25) is 19.2 Å². The number of amides is 4. The fourth-order valence-corrected chi connectivity index (χ4v) is 20.4. The second-order valence-corrected chi connectivity index (χ2v) is 42.0. The fraction of sp³-hybridized carbons (Fsp3) is 0.225. The molecule has 4 unspecified atom stereocenters. The molecule has 0 spiro atoms. The molecule has 13 rings (SSSR count). The first-order valence-electron chi connectivity index (χ1n) is 45.5. The van der Waals surface area contributed by atoms with Gasteiger partial charge in [0.1, 0.15) is 11.5 Å². The molecule has 4 amide bonds. The molecule has 0 saturated carbocycles. The van der Waals surface area contributed by atoms with E-state index in [1.165, 1.54) is 48.5 Å². The monoisotopic (exact) mass is 1970 g/mol. The minimum absolute atomic E-state index is 0.0584. The highest BCUT2D eigenvalue weighted by Gasteiger charge is 2.28.